The third-order valence-electron chi connectivity index (χ3n) is 5.97. The van der Waals surface area contributed by atoms with E-state index in [1.807, 2.05) is 43.0 Å². The molecule has 1 aliphatic rings. The summed E-state index contributed by atoms with van der Waals surface area (Å²) in [7, 11) is 0. The van der Waals surface area contributed by atoms with Crippen molar-refractivity contribution >= 4 is 34.9 Å². The fourth-order valence-electron chi connectivity index (χ4n) is 3.95. The third-order valence-corrected chi connectivity index (χ3v) is 7.22. The van der Waals surface area contributed by atoms with Crippen LogP contribution < -0.4 is 5.32 Å². The summed E-state index contributed by atoms with van der Waals surface area (Å²) in [5.41, 5.74) is 2.22. The molecule has 2 aromatic rings. The second kappa shape index (κ2) is 11.0. The Balaban J connectivity index is 1.83. The Morgan fingerprint density at radius 3 is 2.68 bits per heavy atom. The molecule has 0 aliphatic carbocycles. The maximum absolute atomic E-state index is 13.5. The molecule has 2 unspecified atom stereocenters. The fraction of sp³-hybridized carbons (Fsp3) is 0.500. The van der Waals surface area contributed by atoms with Gasteiger partial charge in [-0.3, -0.25) is 4.79 Å². The molecule has 0 saturated carbocycles. The van der Waals surface area contributed by atoms with Crippen molar-refractivity contribution in [2.45, 2.75) is 58.5 Å². The number of unbranched alkanes of at least 4 members (excludes halogenated alkanes) is 1. The number of benzene rings is 1. The van der Waals surface area contributed by atoms with Crippen molar-refractivity contribution in [2.75, 3.05) is 19.6 Å². The first kappa shape index (κ1) is 23.6. The maximum Gasteiger partial charge on any atom is 0.318 e. The van der Waals surface area contributed by atoms with Gasteiger partial charge in [-0.25, -0.2) is 4.79 Å². The molecule has 31 heavy (non-hydrogen) atoms. The summed E-state index contributed by atoms with van der Waals surface area (Å²) in [5.74, 6) is -0.0252. The number of carbonyl (C=O) groups excluding carboxylic acids is 2. The Labute approximate surface area is 194 Å². The van der Waals surface area contributed by atoms with Crippen molar-refractivity contribution < 1.29 is 9.59 Å². The van der Waals surface area contributed by atoms with E-state index in [9.17, 15) is 9.59 Å². The van der Waals surface area contributed by atoms with Crippen molar-refractivity contribution in [3.05, 3.63) is 56.7 Å². The molecule has 0 radical (unpaired) electrons. The van der Waals surface area contributed by atoms with Crippen LogP contribution in [0.2, 0.25) is 5.02 Å². The molecule has 168 valence electrons. The van der Waals surface area contributed by atoms with E-state index in [2.05, 4.69) is 23.7 Å². The highest BCUT2D eigenvalue weighted by atomic mass is 35.5. The molecule has 2 heterocycles. The van der Waals surface area contributed by atoms with Crippen molar-refractivity contribution in [1.82, 2.24) is 15.1 Å². The number of urea groups is 1. The molecular formula is C24H32ClN3O2S. The van der Waals surface area contributed by atoms with Crippen LogP contribution in [0.5, 0.6) is 0 Å². The summed E-state index contributed by atoms with van der Waals surface area (Å²) in [6.45, 7) is 7.48. The molecule has 7 heteroatoms. The lowest BCUT2D eigenvalue weighted by molar-refractivity contribution is -0.134. The SMILES string of the molecule is CCCCNC(=O)N(CC(=O)N1CCc2sccc2C1c1ccc(Cl)cc1)C(C)CC. The third kappa shape index (κ3) is 5.60. The summed E-state index contributed by atoms with van der Waals surface area (Å²) >= 11 is 7.85. The highest BCUT2D eigenvalue weighted by molar-refractivity contribution is 7.10. The summed E-state index contributed by atoms with van der Waals surface area (Å²) in [6.07, 6.45) is 3.58. The number of hydrogen-bond donors (Lipinski definition) is 1. The van der Waals surface area contributed by atoms with Gasteiger partial charge in [-0.2, -0.15) is 0 Å². The van der Waals surface area contributed by atoms with Crippen LogP contribution in [0.1, 0.15) is 62.1 Å². The number of amides is 3. The van der Waals surface area contributed by atoms with Gasteiger partial charge in [0, 0.05) is 29.0 Å². The Kier molecular flexibility index (Phi) is 8.38. The molecule has 3 rings (SSSR count). The lowest BCUT2D eigenvalue weighted by Crippen LogP contribution is -2.51. The van der Waals surface area contributed by atoms with Gasteiger partial charge in [0.2, 0.25) is 5.91 Å². The molecule has 0 spiro atoms. The fourth-order valence-corrected chi connectivity index (χ4v) is 4.98. The van der Waals surface area contributed by atoms with Gasteiger partial charge in [0.05, 0.1) is 6.04 Å². The van der Waals surface area contributed by atoms with Gasteiger partial charge in [0.1, 0.15) is 6.54 Å². The predicted molar refractivity (Wildman–Crippen MR) is 128 cm³/mol. The van der Waals surface area contributed by atoms with Crippen molar-refractivity contribution in [3.8, 4) is 0 Å². The molecule has 0 saturated heterocycles. The molecule has 1 aliphatic heterocycles. The summed E-state index contributed by atoms with van der Waals surface area (Å²) in [4.78, 5) is 31.3. The lowest BCUT2D eigenvalue weighted by atomic mass is 9.93. The highest BCUT2D eigenvalue weighted by Gasteiger charge is 2.34. The molecule has 1 N–H and O–H groups in total. The first-order chi connectivity index (χ1) is 15.0. The molecule has 0 bridgehead atoms. The number of carbonyl (C=O) groups is 2. The van der Waals surface area contributed by atoms with Gasteiger partial charge in [0.25, 0.3) is 0 Å². The van der Waals surface area contributed by atoms with Crippen LogP contribution in [0.3, 0.4) is 0 Å². The summed E-state index contributed by atoms with van der Waals surface area (Å²) in [5, 5.41) is 5.74. The van der Waals surface area contributed by atoms with E-state index in [1.165, 1.54) is 10.4 Å². The number of hydrogen-bond acceptors (Lipinski definition) is 3. The van der Waals surface area contributed by atoms with E-state index in [0.717, 1.165) is 31.2 Å². The number of fused-ring (bicyclic) bond motifs is 1. The Morgan fingerprint density at radius 1 is 1.26 bits per heavy atom. The number of rotatable bonds is 8. The van der Waals surface area contributed by atoms with E-state index in [1.54, 1.807) is 16.2 Å². The van der Waals surface area contributed by atoms with Crippen LogP contribution in [0.15, 0.2) is 35.7 Å². The molecule has 1 aromatic heterocycles. The van der Waals surface area contributed by atoms with Gasteiger partial charge in [-0.1, -0.05) is 44.0 Å². The molecule has 0 fully saturated rings. The van der Waals surface area contributed by atoms with Crippen LogP contribution in [0, 0.1) is 0 Å². The first-order valence-electron chi connectivity index (χ1n) is 11.1. The number of thiophene rings is 1. The van der Waals surface area contributed by atoms with Crippen LogP contribution in [-0.2, 0) is 11.2 Å². The normalized spacial score (nSPS) is 16.5. The average molecular weight is 462 g/mol. The lowest BCUT2D eigenvalue weighted by Gasteiger charge is -2.38. The molecular weight excluding hydrogens is 430 g/mol. The Bertz CT molecular complexity index is 883. The van der Waals surface area contributed by atoms with Crippen molar-refractivity contribution in [3.63, 3.8) is 0 Å². The van der Waals surface area contributed by atoms with E-state index in [0.29, 0.717) is 18.1 Å². The van der Waals surface area contributed by atoms with E-state index in [-0.39, 0.29) is 30.6 Å². The Morgan fingerprint density at radius 2 is 2.00 bits per heavy atom. The standard InChI is InChI=1S/C24H32ClN3O2S/c1-4-6-13-26-24(30)28(17(3)5-2)16-22(29)27-14-11-21-20(12-15-31-21)23(27)18-7-9-19(25)10-8-18/h7-10,12,15,17,23H,4-6,11,13-14,16H2,1-3H3,(H,26,30). The largest absolute Gasteiger partial charge is 0.338 e. The highest BCUT2D eigenvalue weighted by Crippen LogP contribution is 2.38. The van der Waals surface area contributed by atoms with E-state index in [4.69, 9.17) is 11.6 Å². The number of halogens is 1. The van der Waals surface area contributed by atoms with Gasteiger partial charge < -0.3 is 15.1 Å². The quantitative estimate of drug-likeness (QED) is 0.529. The monoisotopic (exact) mass is 461 g/mol. The number of nitrogens with one attached hydrogen (secondary N) is 1. The minimum Gasteiger partial charge on any atom is -0.338 e. The van der Waals surface area contributed by atoms with Crippen LogP contribution >= 0.6 is 22.9 Å². The zero-order valence-electron chi connectivity index (χ0n) is 18.6. The van der Waals surface area contributed by atoms with Gasteiger partial charge in [-0.15, -0.1) is 11.3 Å². The second-order valence-electron chi connectivity index (χ2n) is 8.06. The topological polar surface area (TPSA) is 52.7 Å². The molecule has 1 aromatic carbocycles. The van der Waals surface area contributed by atoms with Gasteiger partial charge in [-0.05, 0) is 60.9 Å². The summed E-state index contributed by atoms with van der Waals surface area (Å²) in [6, 6.07) is 9.51. The van der Waals surface area contributed by atoms with Crippen molar-refractivity contribution in [1.29, 1.82) is 0 Å². The van der Waals surface area contributed by atoms with Crippen molar-refractivity contribution in [2.24, 2.45) is 0 Å². The zero-order chi connectivity index (χ0) is 22.4. The summed E-state index contributed by atoms with van der Waals surface area (Å²) < 4.78 is 0. The average Bonchev–Trinajstić information content (AvgIpc) is 3.25. The van der Waals surface area contributed by atoms with E-state index >= 15 is 0 Å². The maximum atomic E-state index is 13.5. The van der Waals surface area contributed by atoms with Crippen LogP contribution in [0.4, 0.5) is 4.79 Å². The first-order valence-corrected chi connectivity index (χ1v) is 12.4. The molecule has 3 amide bonds. The van der Waals surface area contributed by atoms with Crippen LogP contribution in [0.25, 0.3) is 0 Å². The second-order valence-corrected chi connectivity index (χ2v) is 9.50. The molecule has 2 atom stereocenters. The predicted octanol–water partition coefficient (Wildman–Crippen LogP) is 5.49. The zero-order valence-corrected chi connectivity index (χ0v) is 20.1. The minimum absolute atomic E-state index is 0.0129. The molecule has 5 nitrogen and oxygen atoms in total. The van der Waals surface area contributed by atoms with E-state index < -0.39 is 0 Å². The van der Waals surface area contributed by atoms with Gasteiger partial charge >= 0.3 is 6.03 Å². The smallest absolute Gasteiger partial charge is 0.318 e. The Hall–Kier alpha value is -2.05. The van der Waals surface area contributed by atoms with Crippen LogP contribution in [-0.4, -0.2) is 47.4 Å². The minimum atomic E-state index is -0.160. The van der Waals surface area contributed by atoms with Gasteiger partial charge in [0.15, 0.2) is 0 Å². The number of nitrogens with zero attached hydrogens (tertiary/aromatic N) is 2.